The van der Waals surface area contributed by atoms with Crippen LogP contribution in [0.15, 0.2) is 42.7 Å². The number of hydrogen-bond donors (Lipinski definition) is 1. The molecule has 2 amide bonds. The third-order valence-electron chi connectivity index (χ3n) is 4.90. The van der Waals surface area contributed by atoms with Crippen LogP contribution in [-0.4, -0.2) is 70.8 Å². The molecule has 1 N–H and O–H groups in total. The van der Waals surface area contributed by atoms with Crippen LogP contribution in [0.4, 0.5) is 18.0 Å². The van der Waals surface area contributed by atoms with Crippen LogP contribution in [0.25, 0.3) is 0 Å². The quantitative estimate of drug-likeness (QED) is 0.798. The molecule has 0 radical (unpaired) electrons. The molecule has 0 bridgehead atoms. The van der Waals surface area contributed by atoms with E-state index < -0.39 is 12.7 Å². The van der Waals surface area contributed by atoms with Crippen molar-refractivity contribution in [1.29, 1.82) is 0 Å². The van der Waals surface area contributed by atoms with Gasteiger partial charge in [-0.05, 0) is 12.0 Å². The first-order valence-corrected chi connectivity index (χ1v) is 9.76. The summed E-state index contributed by atoms with van der Waals surface area (Å²) in [5.41, 5.74) is 1.17. The minimum Gasteiger partial charge on any atom is -0.338 e. The molecule has 0 atom stereocenters. The lowest BCUT2D eigenvalue weighted by atomic mass is 10.2. The number of amides is 2. The molecule has 0 aliphatic carbocycles. The smallest absolute Gasteiger partial charge is 0.338 e. The van der Waals surface area contributed by atoms with E-state index in [1.807, 2.05) is 41.1 Å². The Balaban J connectivity index is 1.44. The van der Waals surface area contributed by atoms with Gasteiger partial charge in [-0.15, -0.1) is 0 Å². The second-order valence-corrected chi connectivity index (χ2v) is 7.17. The van der Waals surface area contributed by atoms with Gasteiger partial charge in [0.25, 0.3) is 0 Å². The predicted octanol–water partition coefficient (Wildman–Crippen LogP) is 2.75. The van der Waals surface area contributed by atoms with E-state index in [-0.39, 0.29) is 12.6 Å². The number of halogens is 3. The van der Waals surface area contributed by atoms with E-state index in [2.05, 4.69) is 10.3 Å². The summed E-state index contributed by atoms with van der Waals surface area (Å²) in [5, 5.41) is 2.87. The van der Waals surface area contributed by atoms with Crippen molar-refractivity contribution in [3.63, 3.8) is 0 Å². The summed E-state index contributed by atoms with van der Waals surface area (Å²) >= 11 is 0. The average molecular weight is 409 g/mol. The number of alkyl halides is 3. The molecule has 0 unspecified atom stereocenters. The molecule has 2 heterocycles. The second-order valence-electron chi connectivity index (χ2n) is 7.17. The van der Waals surface area contributed by atoms with Gasteiger partial charge in [0.05, 0.1) is 6.54 Å². The monoisotopic (exact) mass is 409 g/mol. The van der Waals surface area contributed by atoms with Crippen molar-refractivity contribution in [3.05, 3.63) is 54.1 Å². The van der Waals surface area contributed by atoms with Crippen molar-refractivity contribution < 1.29 is 18.0 Å². The Hall–Kier alpha value is -2.55. The normalized spacial score (nSPS) is 15.9. The lowest BCUT2D eigenvalue weighted by Gasteiger charge is -2.23. The number of carbonyl (C=O) groups is 1. The number of imidazole rings is 1. The zero-order valence-electron chi connectivity index (χ0n) is 16.2. The number of rotatable bonds is 6. The van der Waals surface area contributed by atoms with Crippen LogP contribution in [0.1, 0.15) is 17.8 Å². The fourth-order valence-electron chi connectivity index (χ4n) is 3.47. The van der Waals surface area contributed by atoms with Gasteiger partial charge in [-0.2, -0.15) is 13.2 Å². The minimum absolute atomic E-state index is 0.231. The predicted molar refractivity (Wildman–Crippen MR) is 104 cm³/mol. The topological polar surface area (TPSA) is 53.4 Å². The lowest BCUT2D eigenvalue weighted by Crippen LogP contribution is -2.43. The van der Waals surface area contributed by atoms with Gasteiger partial charge in [-0.1, -0.05) is 30.3 Å². The highest BCUT2D eigenvalue weighted by molar-refractivity contribution is 5.74. The summed E-state index contributed by atoms with van der Waals surface area (Å²) < 4.78 is 39.7. The molecule has 1 aromatic heterocycles. The zero-order valence-corrected chi connectivity index (χ0v) is 16.2. The number of urea groups is 1. The minimum atomic E-state index is -4.21. The third kappa shape index (κ3) is 6.77. The van der Waals surface area contributed by atoms with Crippen LogP contribution in [-0.2, 0) is 13.0 Å². The van der Waals surface area contributed by atoms with Crippen molar-refractivity contribution in [2.75, 3.05) is 39.3 Å². The average Bonchev–Trinajstić information content (AvgIpc) is 2.97. The van der Waals surface area contributed by atoms with Gasteiger partial charge >= 0.3 is 12.2 Å². The Morgan fingerprint density at radius 1 is 1.10 bits per heavy atom. The fraction of sp³-hybridized carbons (Fsp3) is 0.500. The first-order chi connectivity index (χ1) is 13.9. The summed E-state index contributed by atoms with van der Waals surface area (Å²) in [6, 6.07) is 9.81. The Kier molecular flexibility index (Phi) is 7.13. The number of nitrogens with zero attached hydrogens (tertiary/aromatic N) is 4. The van der Waals surface area contributed by atoms with Crippen LogP contribution >= 0.6 is 0 Å². The second kappa shape index (κ2) is 9.78. The number of aromatic nitrogens is 2. The van der Waals surface area contributed by atoms with Gasteiger partial charge in [0.2, 0.25) is 0 Å². The maximum Gasteiger partial charge on any atom is 0.401 e. The summed E-state index contributed by atoms with van der Waals surface area (Å²) in [7, 11) is 0. The number of hydrogen-bond acceptors (Lipinski definition) is 3. The third-order valence-corrected chi connectivity index (χ3v) is 4.90. The molecule has 1 fully saturated rings. The Morgan fingerprint density at radius 2 is 1.90 bits per heavy atom. The van der Waals surface area contributed by atoms with E-state index in [9.17, 15) is 18.0 Å². The standard InChI is InChI=1S/C20H26F3N5O/c21-20(22,23)16-26-10-4-11-27(14-13-26)19(29)25-8-7-18-24-9-12-28(18)15-17-5-2-1-3-6-17/h1-3,5-6,9,12H,4,7-8,10-11,13-16H2,(H,25,29). The molecule has 29 heavy (non-hydrogen) atoms. The number of carbonyl (C=O) groups excluding carboxylic acids is 1. The molecular formula is C20H26F3N5O. The van der Waals surface area contributed by atoms with Crippen LogP contribution in [0, 0.1) is 0 Å². The summed E-state index contributed by atoms with van der Waals surface area (Å²) in [5.74, 6) is 0.876. The Morgan fingerprint density at radius 3 is 2.66 bits per heavy atom. The molecule has 0 saturated carbocycles. The molecule has 1 aliphatic heterocycles. The van der Waals surface area contributed by atoms with Crippen LogP contribution < -0.4 is 5.32 Å². The van der Waals surface area contributed by atoms with Gasteiger partial charge in [-0.3, -0.25) is 4.90 Å². The van der Waals surface area contributed by atoms with Crippen molar-refractivity contribution in [3.8, 4) is 0 Å². The highest BCUT2D eigenvalue weighted by atomic mass is 19.4. The van der Waals surface area contributed by atoms with Crippen LogP contribution in [0.3, 0.4) is 0 Å². The molecule has 9 heteroatoms. The molecule has 2 aromatic rings. The Labute approximate surface area is 168 Å². The maximum absolute atomic E-state index is 12.6. The Bertz CT molecular complexity index is 778. The molecule has 1 aromatic carbocycles. The van der Waals surface area contributed by atoms with Crippen molar-refractivity contribution in [2.45, 2.75) is 25.6 Å². The molecule has 3 rings (SSSR count). The molecule has 6 nitrogen and oxygen atoms in total. The van der Waals surface area contributed by atoms with Gasteiger partial charge < -0.3 is 14.8 Å². The summed E-state index contributed by atoms with van der Waals surface area (Å²) in [6.07, 6.45) is 0.558. The number of nitrogens with one attached hydrogen (secondary N) is 1. The van der Waals surface area contributed by atoms with Gasteiger partial charge in [0, 0.05) is 58.1 Å². The lowest BCUT2D eigenvalue weighted by molar-refractivity contribution is -0.145. The SMILES string of the molecule is O=C(NCCc1nccn1Cc1ccccc1)N1CCCN(CC(F)(F)F)CC1. The highest BCUT2D eigenvalue weighted by Gasteiger charge is 2.31. The van der Waals surface area contributed by atoms with E-state index in [4.69, 9.17) is 0 Å². The fourth-order valence-corrected chi connectivity index (χ4v) is 3.47. The van der Waals surface area contributed by atoms with Gasteiger partial charge in [0.1, 0.15) is 5.82 Å². The molecular weight excluding hydrogens is 383 g/mol. The van der Waals surface area contributed by atoms with Crippen molar-refractivity contribution >= 4 is 6.03 Å². The van der Waals surface area contributed by atoms with E-state index in [1.54, 1.807) is 11.1 Å². The van der Waals surface area contributed by atoms with E-state index in [0.717, 1.165) is 5.82 Å². The first kappa shape index (κ1) is 21.2. The van der Waals surface area contributed by atoms with Crippen LogP contribution in [0.5, 0.6) is 0 Å². The molecule has 158 valence electrons. The first-order valence-electron chi connectivity index (χ1n) is 9.76. The van der Waals surface area contributed by atoms with Crippen molar-refractivity contribution in [1.82, 2.24) is 24.7 Å². The maximum atomic E-state index is 12.6. The van der Waals surface area contributed by atoms with Crippen LogP contribution in [0.2, 0.25) is 0 Å². The summed E-state index contributed by atoms with van der Waals surface area (Å²) in [6.45, 7) is 1.55. The molecule has 1 aliphatic rings. The van der Waals surface area contributed by atoms with Crippen molar-refractivity contribution in [2.24, 2.45) is 0 Å². The van der Waals surface area contributed by atoms with E-state index in [1.165, 1.54) is 10.5 Å². The van der Waals surface area contributed by atoms with Gasteiger partial charge in [-0.25, -0.2) is 9.78 Å². The van der Waals surface area contributed by atoms with E-state index >= 15 is 0 Å². The largest absolute Gasteiger partial charge is 0.401 e. The van der Waals surface area contributed by atoms with E-state index in [0.29, 0.717) is 45.6 Å². The zero-order chi connectivity index (χ0) is 20.7. The highest BCUT2D eigenvalue weighted by Crippen LogP contribution is 2.17. The van der Waals surface area contributed by atoms with Gasteiger partial charge in [0.15, 0.2) is 0 Å². The number of benzene rings is 1. The molecule has 0 spiro atoms. The summed E-state index contributed by atoms with van der Waals surface area (Å²) in [4.78, 5) is 19.7. The molecule has 1 saturated heterocycles.